The first kappa shape index (κ1) is 13.8. The minimum absolute atomic E-state index is 0.0812. The van der Waals surface area contributed by atoms with Crippen LogP contribution < -0.4 is 10.1 Å². The van der Waals surface area contributed by atoms with E-state index < -0.39 is 5.97 Å². The van der Waals surface area contributed by atoms with Gasteiger partial charge in [-0.3, -0.25) is 9.59 Å². The van der Waals surface area contributed by atoms with Gasteiger partial charge in [0.2, 0.25) is 5.91 Å². The summed E-state index contributed by atoms with van der Waals surface area (Å²) < 4.78 is 5.01. The Morgan fingerprint density at radius 3 is 2.56 bits per heavy atom. The van der Waals surface area contributed by atoms with Crippen molar-refractivity contribution in [2.24, 2.45) is 0 Å². The van der Waals surface area contributed by atoms with Gasteiger partial charge in [0.1, 0.15) is 5.75 Å². The highest BCUT2D eigenvalue weighted by Crippen LogP contribution is 2.11. The summed E-state index contributed by atoms with van der Waals surface area (Å²) in [5.41, 5.74) is 0.865. The van der Waals surface area contributed by atoms with Crippen molar-refractivity contribution in [2.45, 2.75) is 6.42 Å². The number of rotatable bonds is 6. The predicted molar refractivity (Wildman–Crippen MR) is 67.3 cm³/mol. The van der Waals surface area contributed by atoms with E-state index in [4.69, 9.17) is 9.84 Å². The summed E-state index contributed by atoms with van der Waals surface area (Å²) in [7, 11) is 1.58. The summed E-state index contributed by atoms with van der Waals surface area (Å²) in [6.07, 6.45) is 2.93. The van der Waals surface area contributed by atoms with Gasteiger partial charge in [-0.15, -0.1) is 0 Å². The third-order valence-electron chi connectivity index (χ3n) is 2.18. The Labute approximate surface area is 105 Å². The fourth-order valence-corrected chi connectivity index (χ4v) is 1.24. The number of ether oxygens (including phenoxy) is 1. The van der Waals surface area contributed by atoms with Crippen LogP contribution in [0.2, 0.25) is 0 Å². The number of carboxylic acid groups (broad SMARTS) is 1. The van der Waals surface area contributed by atoms with Crippen molar-refractivity contribution in [1.82, 2.24) is 5.32 Å². The molecule has 0 bridgehead atoms. The van der Waals surface area contributed by atoms with E-state index in [1.165, 1.54) is 6.08 Å². The number of amides is 1. The first-order chi connectivity index (χ1) is 8.61. The Hall–Kier alpha value is -2.30. The average molecular weight is 249 g/mol. The normalized spacial score (nSPS) is 10.3. The summed E-state index contributed by atoms with van der Waals surface area (Å²) in [4.78, 5) is 21.5. The molecule has 0 aliphatic carbocycles. The van der Waals surface area contributed by atoms with E-state index in [0.29, 0.717) is 0 Å². The molecule has 1 amide bonds. The van der Waals surface area contributed by atoms with Gasteiger partial charge >= 0.3 is 5.97 Å². The molecular formula is C13H15NO4. The molecule has 18 heavy (non-hydrogen) atoms. The van der Waals surface area contributed by atoms with Crippen molar-refractivity contribution >= 4 is 18.0 Å². The monoisotopic (exact) mass is 249 g/mol. The van der Waals surface area contributed by atoms with Gasteiger partial charge in [0, 0.05) is 12.6 Å². The second-order valence-electron chi connectivity index (χ2n) is 3.54. The Bertz CT molecular complexity index is 437. The van der Waals surface area contributed by atoms with Crippen LogP contribution in [0.25, 0.3) is 6.08 Å². The molecule has 0 aromatic heterocycles. The van der Waals surface area contributed by atoms with Crippen LogP contribution in [0.1, 0.15) is 12.0 Å². The number of benzene rings is 1. The zero-order valence-electron chi connectivity index (χ0n) is 10.1. The smallest absolute Gasteiger partial charge is 0.305 e. The molecule has 0 aliphatic heterocycles. The molecule has 5 heteroatoms. The summed E-state index contributed by atoms with van der Waals surface area (Å²) in [6, 6.07) is 7.23. The third-order valence-corrected chi connectivity index (χ3v) is 2.18. The zero-order chi connectivity index (χ0) is 13.4. The fraction of sp³-hybridized carbons (Fsp3) is 0.231. The predicted octanol–water partition coefficient (Wildman–Crippen LogP) is 1.30. The van der Waals surface area contributed by atoms with Gasteiger partial charge in [0.05, 0.1) is 13.5 Å². The van der Waals surface area contributed by atoms with E-state index in [1.807, 2.05) is 12.1 Å². The van der Waals surface area contributed by atoms with E-state index in [1.54, 1.807) is 25.3 Å². The van der Waals surface area contributed by atoms with Crippen LogP contribution in [-0.2, 0) is 9.59 Å². The number of hydrogen-bond donors (Lipinski definition) is 2. The first-order valence-corrected chi connectivity index (χ1v) is 5.43. The molecule has 5 nitrogen and oxygen atoms in total. The highest BCUT2D eigenvalue weighted by atomic mass is 16.5. The molecule has 0 saturated carbocycles. The zero-order valence-corrected chi connectivity index (χ0v) is 10.1. The second-order valence-corrected chi connectivity index (χ2v) is 3.54. The lowest BCUT2D eigenvalue weighted by Crippen LogP contribution is -2.23. The van der Waals surface area contributed by atoms with Crippen LogP contribution in [0.15, 0.2) is 30.3 Å². The average Bonchev–Trinajstić information content (AvgIpc) is 2.36. The van der Waals surface area contributed by atoms with Crippen molar-refractivity contribution < 1.29 is 19.4 Å². The fourth-order valence-electron chi connectivity index (χ4n) is 1.24. The molecule has 0 fully saturated rings. The molecule has 0 aliphatic rings. The maximum absolute atomic E-state index is 11.3. The van der Waals surface area contributed by atoms with E-state index in [-0.39, 0.29) is 18.9 Å². The van der Waals surface area contributed by atoms with Gasteiger partial charge in [-0.05, 0) is 23.8 Å². The van der Waals surface area contributed by atoms with Crippen LogP contribution in [-0.4, -0.2) is 30.6 Å². The molecule has 0 unspecified atom stereocenters. The van der Waals surface area contributed by atoms with E-state index in [2.05, 4.69) is 5.32 Å². The molecular weight excluding hydrogens is 234 g/mol. The lowest BCUT2D eigenvalue weighted by atomic mass is 10.2. The van der Waals surface area contributed by atoms with E-state index in [0.717, 1.165) is 11.3 Å². The van der Waals surface area contributed by atoms with Gasteiger partial charge in [-0.25, -0.2) is 0 Å². The Morgan fingerprint density at radius 2 is 2.00 bits per heavy atom. The quantitative estimate of drug-likeness (QED) is 0.745. The summed E-state index contributed by atoms with van der Waals surface area (Å²) >= 11 is 0. The number of carbonyl (C=O) groups excluding carboxylic acids is 1. The van der Waals surface area contributed by atoms with Crippen molar-refractivity contribution in [1.29, 1.82) is 0 Å². The molecule has 0 spiro atoms. The van der Waals surface area contributed by atoms with Crippen molar-refractivity contribution in [3.63, 3.8) is 0 Å². The summed E-state index contributed by atoms with van der Waals surface area (Å²) in [6.45, 7) is 0.126. The van der Waals surface area contributed by atoms with E-state index >= 15 is 0 Å². The van der Waals surface area contributed by atoms with Crippen LogP contribution in [0.4, 0.5) is 0 Å². The van der Waals surface area contributed by atoms with Crippen LogP contribution in [0.3, 0.4) is 0 Å². The van der Waals surface area contributed by atoms with Crippen LogP contribution in [0, 0.1) is 0 Å². The number of carbonyl (C=O) groups is 2. The lowest BCUT2D eigenvalue weighted by molar-refractivity contribution is -0.136. The Kier molecular flexibility index (Phi) is 5.44. The summed E-state index contributed by atoms with van der Waals surface area (Å²) in [5, 5.41) is 10.9. The highest BCUT2D eigenvalue weighted by molar-refractivity contribution is 5.91. The minimum Gasteiger partial charge on any atom is -0.497 e. The van der Waals surface area contributed by atoms with E-state index in [9.17, 15) is 9.59 Å². The topological polar surface area (TPSA) is 75.6 Å². The van der Waals surface area contributed by atoms with Crippen molar-refractivity contribution in [3.05, 3.63) is 35.9 Å². The van der Waals surface area contributed by atoms with Gasteiger partial charge in [-0.2, -0.15) is 0 Å². The molecule has 1 aromatic carbocycles. The number of nitrogens with one attached hydrogen (secondary N) is 1. The SMILES string of the molecule is COc1ccc(/C=C\C(=O)NCCC(=O)O)cc1. The molecule has 1 aromatic rings. The van der Waals surface area contributed by atoms with Crippen LogP contribution >= 0.6 is 0 Å². The highest BCUT2D eigenvalue weighted by Gasteiger charge is 1.98. The first-order valence-electron chi connectivity index (χ1n) is 5.43. The summed E-state index contributed by atoms with van der Waals surface area (Å²) in [5.74, 6) is -0.500. The Morgan fingerprint density at radius 1 is 1.33 bits per heavy atom. The molecule has 0 atom stereocenters. The maximum Gasteiger partial charge on any atom is 0.305 e. The van der Waals surface area contributed by atoms with Crippen LogP contribution in [0.5, 0.6) is 5.75 Å². The van der Waals surface area contributed by atoms with Gasteiger partial charge in [-0.1, -0.05) is 12.1 Å². The van der Waals surface area contributed by atoms with Crippen molar-refractivity contribution in [3.8, 4) is 5.75 Å². The molecule has 1 rings (SSSR count). The minimum atomic E-state index is -0.936. The molecule has 0 saturated heterocycles. The number of aliphatic carboxylic acids is 1. The van der Waals surface area contributed by atoms with Gasteiger partial charge in [0.25, 0.3) is 0 Å². The molecule has 2 N–H and O–H groups in total. The largest absolute Gasteiger partial charge is 0.497 e. The van der Waals surface area contributed by atoms with Gasteiger partial charge < -0.3 is 15.2 Å². The second kappa shape index (κ2) is 7.11. The molecule has 0 radical (unpaired) electrons. The number of hydrogen-bond acceptors (Lipinski definition) is 3. The maximum atomic E-state index is 11.3. The third kappa shape index (κ3) is 5.16. The van der Waals surface area contributed by atoms with Crippen molar-refractivity contribution in [2.75, 3.05) is 13.7 Å². The lowest BCUT2D eigenvalue weighted by Gasteiger charge is -2.00. The standard InChI is InChI=1S/C13H15NO4/c1-18-11-5-2-10(3-6-11)4-7-12(15)14-9-8-13(16)17/h2-7H,8-9H2,1H3,(H,14,15)(H,16,17)/b7-4-. The Balaban J connectivity index is 2.42. The molecule has 0 heterocycles. The number of methoxy groups -OCH3 is 1. The number of carboxylic acids is 1. The molecule has 96 valence electrons. The van der Waals surface area contributed by atoms with Gasteiger partial charge in [0.15, 0.2) is 0 Å².